The Kier molecular flexibility index (Phi) is 3.21. The first-order valence-electron chi connectivity index (χ1n) is 7.21. The molecule has 2 saturated carbocycles. The van der Waals surface area contributed by atoms with E-state index in [1.807, 2.05) is 0 Å². The highest BCUT2D eigenvalue weighted by atomic mass is 16.5. The molecule has 3 fully saturated rings. The van der Waals surface area contributed by atoms with E-state index in [4.69, 9.17) is 4.74 Å². The van der Waals surface area contributed by atoms with Crippen LogP contribution < -0.4 is 5.32 Å². The second-order valence-electron chi connectivity index (χ2n) is 6.20. The fourth-order valence-corrected chi connectivity index (χ4v) is 3.51. The zero-order chi connectivity index (χ0) is 10.8. The molecule has 0 amide bonds. The minimum absolute atomic E-state index is 0.583. The van der Waals surface area contributed by atoms with Crippen molar-refractivity contribution < 1.29 is 4.74 Å². The van der Waals surface area contributed by atoms with E-state index in [2.05, 4.69) is 5.32 Å². The van der Waals surface area contributed by atoms with Gasteiger partial charge in [0.2, 0.25) is 0 Å². The van der Waals surface area contributed by atoms with Gasteiger partial charge in [-0.1, -0.05) is 12.8 Å². The molecule has 3 aliphatic rings. The van der Waals surface area contributed by atoms with Crippen molar-refractivity contribution in [2.75, 3.05) is 13.2 Å². The average Bonchev–Trinajstić information content (AvgIpc) is 2.78. The molecule has 0 spiro atoms. The van der Waals surface area contributed by atoms with Gasteiger partial charge in [-0.2, -0.15) is 0 Å². The van der Waals surface area contributed by atoms with Crippen molar-refractivity contribution in [1.29, 1.82) is 0 Å². The maximum absolute atomic E-state index is 5.83. The Balaban J connectivity index is 1.54. The molecule has 16 heavy (non-hydrogen) atoms. The molecule has 2 heteroatoms. The Labute approximate surface area is 99.1 Å². The van der Waals surface area contributed by atoms with Gasteiger partial charge in [-0.05, 0) is 50.4 Å². The van der Waals surface area contributed by atoms with E-state index >= 15 is 0 Å². The van der Waals surface area contributed by atoms with Gasteiger partial charge in [0.05, 0.1) is 6.10 Å². The van der Waals surface area contributed by atoms with Crippen molar-refractivity contribution in [2.24, 2.45) is 5.41 Å². The lowest BCUT2D eigenvalue weighted by Gasteiger charge is -2.32. The first-order valence-corrected chi connectivity index (χ1v) is 7.21. The normalized spacial score (nSPS) is 33.4. The minimum Gasteiger partial charge on any atom is -0.378 e. The minimum atomic E-state index is 0.583. The van der Waals surface area contributed by atoms with Crippen molar-refractivity contribution in [3.63, 3.8) is 0 Å². The maximum Gasteiger partial charge on any atom is 0.0581 e. The Morgan fingerprint density at radius 1 is 1.06 bits per heavy atom. The lowest BCUT2D eigenvalue weighted by molar-refractivity contribution is 0.0615. The molecule has 3 rings (SSSR count). The van der Waals surface area contributed by atoms with Crippen LogP contribution >= 0.6 is 0 Å². The van der Waals surface area contributed by atoms with Crippen LogP contribution in [-0.4, -0.2) is 25.3 Å². The summed E-state index contributed by atoms with van der Waals surface area (Å²) in [6, 6.07) is 0.863. The summed E-state index contributed by atoms with van der Waals surface area (Å²) >= 11 is 0. The van der Waals surface area contributed by atoms with Crippen LogP contribution in [0.2, 0.25) is 0 Å². The summed E-state index contributed by atoms with van der Waals surface area (Å²) in [5.74, 6) is 0. The van der Waals surface area contributed by atoms with Crippen molar-refractivity contribution in [3.8, 4) is 0 Å². The van der Waals surface area contributed by atoms with Crippen LogP contribution in [0.25, 0.3) is 0 Å². The monoisotopic (exact) mass is 223 g/mol. The van der Waals surface area contributed by atoms with Gasteiger partial charge in [0.1, 0.15) is 0 Å². The van der Waals surface area contributed by atoms with Gasteiger partial charge in [0, 0.05) is 19.2 Å². The van der Waals surface area contributed by atoms with E-state index in [-0.39, 0.29) is 0 Å². The molecule has 0 aromatic heterocycles. The topological polar surface area (TPSA) is 21.3 Å². The van der Waals surface area contributed by atoms with Crippen LogP contribution in [0.15, 0.2) is 0 Å². The van der Waals surface area contributed by atoms with Crippen LogP contribution in [-0.2, 0) is 4.74 Å². The Morgan fingerprint density at radius 3 is 2.50 bits per heavy atom. The number of rotatable bonds is 5. The molecule has 1 heterocycles. The second-order valence-corrected chi connectivity index (χ2v) is 6.20. The number of hydrogen-bond acceptors (Lipinski definition) is 2. The van der Waals surface area contributed by atoms with Gasteiger partial charge in [-0.25, -0.2) is 0 Å². The molecular formula is C14H25NO. The van der Waals surface area contributed by atoms with Crippen molar-refractivity contribution in [2.45, 2.75) is 69.9 Å². The smallest absolute Gasteiger partial charge is 0.0581 e. The predicted octanol–water partition coefficient (Wildman–Crippen LogP) is 2.87. The molecule has 1 aliphatic heterocycles. The fourth-order valence-electron chi connectivity index (χ4n) is 3.51. The maximum atomic E-state index is 5.83. The van der Waals surface area contributed by atoms with Crippen molar-refractivity contribution >= 4 is 0 Å². The second kappa shape index (κ2) is 4.66. The molecule has 1 saturated heterocycles. The molecule has 92 valence electrons. The van der Waals surface area contributed by atoms with Crippen LogP contribution in [0.1, 0.15) is 57.8 Å². The van der Waals surface area contributed by atoms with Gasteiger partial charge in [-0.15, -0.1) is 0 Å². The SMILES string of the molecule is C1COC(CC2(CNC3CC3)CCCC2)C1. The van der Waals surface area contributed by atoms with E-state index < -0.39 is 0 Å². The van der Waals surface area contributed by atoms with Crippen molar-refractivity contribution in [1.82, 2.24) is 5.32 Å². The highest BCUT2D eigenvalue weighted by molar-refractivity contribution is 4.92. The molecule has 2 aliphatic carbocycles. The van der Waals surface area contributed by atoms with E-state index in [9.17, 15) is 0 Å². The fraction of sp³-hybridized carbons (Fsp3) is 1.00. The Morgan fingerprint density at radius 2 is 1.88 bits per heavy atom. The van der Waals surface area contributed by atoms with Gasteiger partial charge >= 0.3 is 0 Å². The molecule has 2 nitrogen and oxygen atoms in total. The van der Waals surface area contributed by atoms with E-state index in [1.54, 1.807) is 0 Å². The third kappa shape index (κ3) is 2.60. The Bertz CT molecular complexity index is 225. The zero-order valence-electron chi connectivity index (χ0n) is 10.3. The van der Waals surface area contributed by atoms with Gasteiger partial charge < -0.3 is 10.1 Å². The molecular weight excluding hydrogens is 198 g/mol. The van der Waals surface area contributed by atoms with Crippen LogP contribution in [0, 0.1) is 5.41 Å². The predicted molar refractivity (Wildman–Crippen MR) is 65.5 cm³/mol. The highest BCUT2D eigenvalue weighted by Gasteiger charge is 2.38. The molecule has 1 N–H and O–H groups in total. The largest absolute Gasteiger partial charge is 0.378 e. The first-order chi connectivity index (χ1) is 7.86. The summed E-state index contributed by atoms with van der Waals surface area (Å²) in [4.78, 5) is 0. The van der Waals surface area contributed by atoms with Crippen molar-refractivity contribution in [3.05, 3.63) is 0 Å². The summed E-state index contributed by atoms with van der Waals surface area (Å²) in [6.07, 6.45) is 13.1. The molecule has 0 bridgehead atoms. The van der Waals surface area contributed by atoms with Crippen LogP contribution in [0.3, 0.4) is 0 Å². The summed E-state index contributed by atoms with van der Waals surface area (Å²) in [5, 5.41) is 3.76. The summed E-state index contributed by atoms with van der Waals surface area (Å²) < 4.78 is 5.83. The lowest BCUT2D eigenvalue weighted by atomic mass is 9.80. The lowest BCUT2D eigenvalue weighted by Crippen LogP contribution is -2.36. The molecule has 1 unspecified atom stereocenters. The molecule has 0 aromatic carbocycles. The highest BCUT2D eigenvalue weighted by Crippen LogP contribution is 2.43. The van der Waals surface area contributed by atoms with Gasteiger partial charge in [-0.3, -0.25) is 0 Å². The summed E-state index contributed by atoms with van der Waals surface area (Å²) in [5.41, 5.74) is 0.595. The Hall–Kier alpha value is -0.0800. The quantitative estimate of drug-likeness (QED) is 0.774. The van der Waals surface area contributed by atoms with Crippen LogP contribution in [0.4, 0.5) is 0 Å². The summed E-state index contributed by atoms with van der Waals surface area (Å²) in [7, 11) is 0. The molecule has 0 aromatic rings. The van der Waals surface area contributed by atoms with Gasteiger partial charge in [0.15, 0.2) is 0 Å². The number of ether oxygens (including phenoxy) is 1. The standard InChI is InChI=1S/C14H25NO/c1-2-8-14(7-1,11-15-12-5-6-12)10-13-4-3-9-16-13/h12-13,15H,1-11H2. The average molecular weight is 223 g/mol. The number of hydrogen-bond donors (Lipinski definition) is 1. The third-order valence-electron chi connectivity index (χ3n) is 4.69. The van der Waals surface area contributed by atoms with E-state index in [0.717, 1.165) is 12.6 Å². The first kappa shape index (κ1) is 11.0. The number of nitrogens with one attached hydrogen (secondary N) is 1. The molecule has 0 radical (unpaired) electrons. The van der Waals surface area contributed by atoms with Crippen LogP contribution in [0.5, 0.6) is 0 Å². The molecule has 1 atom stereocenters. The third-order valence-corrected chi connectivity index (χ3v) is 4.69. The van der Waals surface area contributed by atoms with Gasteiger partial charge in [0.25, 0.3) is 0 Å². The van der Waals surface area contributed by atoms with E-state index in [0.29, 0.717) is 11.5 Å². The zero-order valence-corrected chi connectivity index (χ0v) is 10.3. The summed E-state index contributed by atoms with van der Waals surface area (Å²) in [6.45, 7) is 2.27. The van der Waals surface area contributed by atoms with E-state index in [1.165, 1.54) is 64.3 Å².